The van der Waals surface area contributed by atoms with E-state index in [9.17, 15) is 14.3 Å². The van der Waals surface area contributed by atoms with Gasteiger partial charge in [-0.25, -0.2) is 31.6 Å². The number of nitrogens with zero attached hydrogens (tertiary/aromatic N) is 5. The van der Waals surface area contributed by atoms with Crippen molar-refractivity contribution in [3.05, 3.63) is 52.6 Å². The molecule has 3 aromatic carbocycles. The van der Waals surface area contributed by atoms with Crippen LogP contribution in [0.15, 0.2) is 30.3 Å². The Kier molecular flexibility index (Phi) is 8.39. The molecule has 54 heavy (non-hydrogen) atoms. The van der Waals surface area contributed by atoms with E-state index in [1.165, 1.54) is 29.2 Å². The number of carbonyl (C=O) groups is 1. The number of rotatable bonds is 5. The number of benzene rings is 3. The molecule has 2 bridgehead atoms. The number of fused-ring (bicyclic) bond motifs is 5. The fourth-order valence-electron chi connectivity index (χ4n) is 8.81. The number of terminal acetylenes is 1. The third kappa shape index (κ3) is 5.82. The van der Waals surface area contributed by atoms with Crippen LogP contribution in [0.5, 0.6) is 11.8 Å². The van der Waals surface area contributed by atoms with Crippen LogP contribution in [0.4, 0.5) is 32.6 Å². The molecule has 2 unspecified atom stereocenters. The predicted octanol–water partition coefficient (Wildman–Crippen LogP) is 8.21. The molecule has 4 fully saturated rings. The molecule has 9 nitrogen and oxygen atoms in total. The number of hydrogen-bond donors (Lipinski definition) is 1. The Labute approximate surface area is 313 Å². The van der Waals surface area contributed by atoms with Gasteiger partial charge in [-0.3, -0.25) is 4.90 Å². The normalized spacial score (nSPS) is 26.8. The average Bonchev–Trinajstić information content (AvgIpc) is 3.66. The Balaban J connectivity index is 1.29. The van der Waals surface area contributed by atoms with Gasteiger partial charge in [0.2, 0.25) is 11.6 Å². The van der Waals surface area contributed by atoms with Crippen molar-refractivity contribution in [2.45, 2.75) is 81.8 Å². The zero-order chi connectivity index (χ0) is 38.5. The number of phenolic OH excluding ortho intramolecular Hbond substituents is 1. The monoisotopic (exact) mass is 769 g/mol. The summed E-state index contributed by atoms with van der Waals surface area (Å²) in [6, 6.07) is 6.04. The predicted molar refractivity (Wildman–Crippen MR) is 193 cm³/mol. The van der Waals surface area contributed by atoms with Gasteiger partial charge in [0.25, 0.3) is 0 Å². The summed E-state index contributed by atoms with van der Waals surface area (Å²) in [7, 11) is 0. The second-order valence-corrected chi connectivity index (χ2v) is 16.2. The number of piperazine rings is 1. The van der Waals surface area contributed by atoms with E-state index < -0.39 is 59.7 Å². The number of carbonyl (C=O) groups excluding carboxylic acids is 1. The zero-order valence-corrected chi connectivity index (χ0v) is 30.5. The quantitative estimate of drug-likeness (QED) is 0.124. The lowest BCUT2D eigenvalue weighted by atomic mass is 9.93. The fourth-order valence-corrected chi connectivity index (χ4v) is 9.11. The summed E-state index contributed by atoms with van der Waals surface area (Å²) in [6.45, 7) is 4.55. The zero-order valence-electron chi connectivity index (χ0n) is 29.8. The number of hydrogen-bond acceptors (Lipinski definition) is 8. The summed E-state index contributed by atoms with van der Waals surface area (Å²) in [5.41, 5.74) is -2.51. The first-order valence-corrected chi connectivity index (χ1v) is 18.1. The highest BCUT2D eigenvalue weighted by atomic mass is 35.5. The first-order chi connectivity index (χ1) is 25.4. The van der Waals surface area contributed by atoms with Crippen molar-refractivity contribution in [2.24, 2.45) is 0 Å². The first-order valence-electron chi connectivity index (χ1n) is 17.7. The third-order valence-corrected chi connectivity index (χ3v) is 11.3. The molecule has 1 aromatic heterocycles. The maximum atomic E-state index is 17.2. The Bertz CT molecular complexity index is 2260. The van der Waals surface area contributed by atoms with Crippen LogP contribution in [-0.2, 0) is 4.74 Å². The Morgan fingerprint density at radius 1 is 1.11 bits per heavy atom. The van der Waals surface area contributed by atoms with E-state index in [-0.39, 0.29) is 88.0 Å². The van der Waals surface area contributed by atoms with Crippen LogP contribution in [0.2, 0.25) is 5.02 Å². The van der Waals surface area contributed by atoms with E-state index in [0.29, 0.717) is 23.3 Å². The fraction of sp³-hybridized carbons (Fsp3) is 0.462. The summed E-state index contributed by atoms with van der Waals surface area (Å²) in [5.74, 6) is -4.95. The standard InChI is InChI=1S/C39H37ClF5N5O4/c1-5-24-28(42)8-7-21-13-23(51)14-25(29(21)24)30-27(40)15-26-32(31(30)43)46-34(53-20-37-9-6-12-49(37)17-22(41)16-37)47-33(26)48-18-38(44)10-11-39(45,19-48)50(38)35(52)54-36(2,3)4/h1,7-8,13-15,22,51H,6,9-12,16-20H2,2-4H3/t22-,37+,38?,39?/m1/s1. The summed E-state index contributed by atoms with van der Waals surface area (Å²) in [4.78, 5) is 25.9. The minimum Gasteiger partial charge on any atom is -0.508 e. The van der Waals surface area contributed by atoms with Crippen molar-refractivity contribution in [2.75, 3.05) is 37.7 Å². The molecule has 4 saturated heterocycles. The average molecular weight is 770 g/mol. The summed E-state index contributed by atoms with van der Waals surface area (Å²) >= 11 is 6.82. The lowest BCUT2D eigenvalue weighted by Crippen LogP contribution is -2.66. The maximum Gasteiger partial charge on any atom is 0.415 e. The highest BCUT2D eigenvalue weighted by molar-refractivity contribution is 6.35. The first kappa shape index (κ1) is 36.4. The van der Waals surface area contributed by atoms with Gasteiger partial charge in [-0.2, -0.15) is 9.97 Å². The molecule has 4 aliphatic heterocycles. The van der Waals surface area contributed by atoms with Gasteiger partial charge in [0.15, 0.2) is 5.82 Å². The van der Waals surface area contributed by atoms with Crippen LogP contribution < -0.4 is 9.64 Å². The van der Waals surface area contributed by atoms with Crippen LogP contribution >= 0.6 is 11.6 Å². The second kappa shape index (κ2) is 12.5. The molecule has 0 radical (unpaired) electrons. The summed E-state index contributed by atoms with van der Waals surface area (Å²) < 4.78 is 92.1. The molecule has 4 aromatic rings. The van der Waals surface area contributed by atoms with Crippen LogP contribution in [-0.4, -0.2) is 92.7 Å². The number of halogens is 6. The van der Waals surface area contributed by atoms with E-state index in [1.807, 2.05) is 4.90 Å². The Hall–Kier alpha value is -4.61. The highest BCUT2D eigenvalue weighted by Gasteiger charge is 2.65. The molecular weight excluding hydrogens is 733 g/mol. The van der Waals surface area contributed by atoms with Crippen molar-refractivity contribution in [1.82, 2.24) is 19.8 Å². The lowest BCUT2D eigenvalue weighted by molar-refractivity contribution is -0.115. The molecule has 4 aliphatic rings. The van der Waals surface area contributed by atoms with Gasteiger partial charge in [0.05, 0.1) is 29.2 Å². The molecule has 0 saturated carbocycles. The van der Waals surface area contributed by atoms with Crippen LogP contribution in [0.3, 0.4) is 0 Å². The van der Waals surface area contributed by atoms with Crippen molar-refractivity contribution in [3.8, 4) is 35.2 Å². The van der Waals surface area contributed by atoms with Gasteiger partial charge in [-0.15, -0.1) is 6.42 Å². The number of amides is 1. The van der Waals surface area contributed by atoms with E-state index in [2.05, 4.69) is 15.9 Å². The molecule has 284 valence electrons. The topological polar surface area (TPSA) is 91.3 Å². The van der Waals surface area contributed by atoms with E-state index in [1.54, 1.807) is 20.8 Å². The largest absolute Gasteiger partial charge is 0.508 e. The highest BCUT2D eigenvalue weighted by Crippen LogP contribution is 2.51. The van der Waals surface area contributed by atoms with E-state index in [0.717, 1.165) is 12.5 Å². The van der Waals surface area contributed by atoms with Gasteiger partial charge in [0, 0.05) is 42.1 Å². The van der Waals surface area contributed by atoms with Gasteiger partial charge >= 0.3 is 12.1 Å². The molecule has 0 aliphatic carbocycles. The number of anilines is 1. The maximum absolute atomic E-state index is 17.2. The van der Waals surface area contributed by atoms with Crippen molar-refractivity contribution in [1.29, 1.82) is 0 Å². The molecule has 15 heteroatoms. The van der Waals surface area contributed by atoms with Crippen molar-refractivity contribution in [3.63, 3.8) is 0 Å². The number of alkyl halides is 3. The molecule has 1 N–H and O–H groups in total. The van der Waals surface area contributed by atoms with Gasteiger partial charge in [-0.05, 0) is 75.4 Å². The smallest absolute Gasteiger partial charge is 0.415 e. The van der Waals surface area contributed by atoms with Gasteiger partial charge < -0.3 is 19.5 Å². The van der Waals surface area contributed by atoms with E-state index in [4.69, 9.17) is 27.5 Å². The SMILES string of the molecule is C#Cc1c(F)ccc2cc(O)cc(-c3c(Cl)cc4c(N5CC6(F)CCC(F)(C5)N6C(=O)OC(C)(C)C)nc(OC[C@@]56CCCN5C[C@H](F)C6)nc4c3F)c12. The van der Waals surface area contributed by atoms with Gasteiger partial charge in [-0.1, -0.05) is 23.6 Å². The number of ether oxygens (including phenoxy) is 2. The van der Waals surface area contributed by atoms with Crippen LogP contribution in [0.1, 0.15) is 58.4 Å². The summed E-state index contributed by atoms with van der Waals surface area (Å²) in [5, 5.41) is 10.8. The third-order valence-electron chi connectivity index (χ3n) is 11.0. The van der Waals surface area contributed by atoms with Crippen LogP contribution in [0.25, 0.3) is 32.8 Å². The Morgan fingerprint density at radius 2 is 1.83 bits per heavy atom. The molecule has 5 heterocycles. The Morgan fingerprint density at radius 3 is 2.52 bits per heavy atom. The van der Waals surface area contributed by atoms with E-state index >= 15 is 17.6 Å². The molecular formula is C39H37ClF5N5O4. The van der Waals surface area contributed by atoms with Crippen LogP contribution in [0, 0.1) is 24.0 Å². The number of phenols is 1. The molecule has 8 rings (SSSR count). The summed E-state index contributed by atoms with van der Waals surface area (Å²) in [6.07, 6.45) is 4.50. The van der Waals surface area contributed by atoms with Crippen molar-refractivity contribution < 1.29 is 41.3 Å². The molecule has 0 spiro atoms. The van der Waals surface area contributed by atoms with Gasteiger partial charge in [0.1, 0.15) is 41.3 Å². The molecule has 4 atom stereocenters. The minimum absolute atomic E-state index is 0.0284. The molecule has 1 amide bonds. The lowest BCUT2D eigenvalue weighted by Gasteiger charge is -2.47. The minimum atomic E-state index is -2.53. The second-order valence-electron chi connectivity index (χ2n) is 15.8. The number of aromatic hydroxyl groups is 1. The number of aromatic nitrogens is 2. The van der Waals surface area contributed by atoms with Crippen molar-refractivity contribution >= 4 is 45.2 Å².